The van der Waals surface area contributed by atoms with E-state index in [4.69, 9.17) is 0 Å². The molecule has 0 bridgehead atoms. The Kier molecular flexibility index (Phi) is 3.56. The molecule has 0 saturated heterocycles. The summed E-state index contributed by atoms with van der Waals surface area (Å²) in [6.45, 7) is 0. The third-order valence-electron chi connectivity index (χ3n) is 4.22. The molecule has 0 saturated carbocycles. The number of hydrogen-bond acceptors (Lipinski definition) is 2. The van der Waals surface area contributed by atoms with Gasteiger partial charge >= 0.3 is 0 Å². The summed E-state index contributed by atoms with van der Waals surface area (Å²) in [5.74, 6) is -2.57. The van der Waals surface area contributed by atoms with Crippen molar-refractivity contribution >= 4 is 11.7 Å². The molecule has 0 fully saturated rings. The number of anilines is 1. The zero-order valence-electron chi connectivity index (χ0n) is 12.8. The van der Waals surface area contributed by atoms with E-state index in [0.717, 1.165) is 18.2 Å². The van der Waals surface area contributed by atoms with Crippen LogP contribution in [0.4, 0.5) is 19.0 Å². The molecule has 2 aromatic carbocycles. The average molecular weight is 343 g/mol. The number of nitrogens with one attached hydrogen (secondary N) is 1. The van der Waals surface area contributed by atoms with Crippen molar-refractivity contribution in [3.8, 4) is 5.69 Å². The Balaban J connectivity index is 1.87. The van der Waals surface area contributed by atoms with Crippen LogP contribution in [0.15, 0.2) is 48.8 Å². The lowest BCUT2D eigenvalue weighted by Crippen LogP contribution is -2.25. The Morgan fingerprint density at radius 2 is 1.88 bits per heavy atom. The highest BCUT2D eigenvalue weighted by molar-refractivity contribution is 5.94. The Morgan fingerprint density at radius 1 is 1.08 bits per heavy atom. The lowest BCUT2D eigenvalue weighted by molar-refractivity contribution is -0.116. The molecule has 126 valence electrons. The minimum atomic E-state index is -0.743. The van der Waals surface area contributed by atoms with E-state index in [9.17, 15) is 18.0 Å². The van der Waals surface area contributed by atoms with Gasteiger partial charge in [-0.3, -0.25) is 9.36 Å². The standard InChI is InChI=1S/C18H12F3N3O/c19-10-5-6-13(20)11(7-10)12-8-16(25)23-18-17(12)22-9-24(18)15-4-2-1-3-14(15)21/h1-7,9,12H,8H2,(H,23,25). The second-order valence-electron chi connectivity index (χ2n) is 5.77. The molecule has 1 aliphatic rings. The van der Waals surface area contributed by atoms with Gasteiger partial charge in [-0.2, -0.15) is 0 Å². The van der Waals surface area contributed by atoms with Crippen molar-refractivity contribution in [3.63, 3.8) is 0 Å². The molecule has 4 rings (SSSR count). The number of para-hydroxylation sites is 1. The maximum atomic E-state index is 14.2. The first-order valence-corrected chi connectivity index (χ1v) is 7.61. The van der Waals surface area contributed by atoms with Crippen molar-refractivity contribution in [3.05, 3.63) is 77.5 Å². The lowest BCUT2D eigenvalue weighted by atomic mass is 9.89. The molecule has 2 heterocycles. The van der Waals surface area contributed by atoms with E-state index in [-0.39, 0.29) is 29.4 Å². The van der Waals surface area contributed by atoms with E-state index in [2.05, 4.69) is 10.3 Å². The zero-order chi connectivity index (χ0) is 17.6. The van der Waals surface area contributed by atoms with Gasteiger partial charge in [0.2, 0.25) is 5.91 Å². The first-order valence-electron chi connectivity index (χ1n) is 7.61. The summed E-state index contributed by atoms with van der Waals surface area (Å²) in [6.07, 6.45) is 1.29. The van der Waals surface area contributed by atoms with Gasteiger partial charge in [0, 0.05) is 17.9 Å². The van der Waals surface area contributed by atoms with Crippen LogP contribution in [0.1, 0.15) is 23.6 Å². The van der Waals surface area contributed by atoms with Crippen LogP contribution in [-0.2, 0) is 4.79 Å². The number of carbonyl (C=O) groups is 1. The van der Waals surface area contributed by atoms with Crippen LogP contribution >= 0.6 is 0 Å². The van der Waals surface area contributed by atoms with Crippen LogP contribution in [-0.4, -0.2) is 15.5 Å². The largest absolute Gasteiger partial charge is 0.310 e. The van der Waals surface area contributed by atoms with Crippen LogP contribution < -0.4 is 5.32 Å². The van der Waals surface area contributed by atoms with Gasteiger partial charge in [-0.15, -0.1) is 0 Å². The smallest absolute Gasteiger partial charge is 0.226 e. The number of nitrogens with zero attached hydrogens (tertiary/aromatic N) is 2. The van der Waals surface area contributed by atoms with Crippen molar-refractivity contribution in [2.45, 2.75) is 12.3 Å². The third-order valence-corrected chi connectivity index (χ3v) is 4.22. The second kappa shape index (κ2) is 5.77. The molecule has 1 aromatic heterocycles. The molecule has 1 amide bonds. The van der Waals surface area contributed by atoms with Gasteiger partial charge < -0.3 is 5.32 Å². The van der Waals surface area contributed by atoms with E-state index < -0.39 is 23.4 Å². The lowest BCUT2D eigenvalue weighted by Gasteiger charge is -2.23. The Bertz CT molecular complexity index is 983. The minimum absolute atomic E-state index is 0.0508. The van der Waals surface area contributed by atoms with Crippen molar-refractivity contribution < 1.29 is 18.0 Å². The highest BCUT2D eigenvalue weighted by atomic mass is 19.1. The van der Waals surface area contributed by atoms with Crippen LogP contribution in [0.3, 0.4) is 0 Å². The molecule has 25 heavy (non-hydrogen) atoms. The summed E-state index contributed by atoms with van der Waals surface area (Å²) in [5, 5.41) is 2.65. The van der Waals surface area contributed by atoms with Crippen LogP contribution in [0.2, 0.25) is 0 Å². The highest BCUT2D eigenvalue weighted by Crippen LogP contribution is 2.38. The minimum Gasteiger partial charge on any atom is -0.310 e. The Labute approximate surface area is 140 Å². The predicted molar refractivity (Wildman–Crippen MR) is 85.0 cm³/mol. The fourth-order valence-electron chi connectivity index (χ4n) is 3.08. The third kappa shape index (κ3) is 2.57. The van der Waals surface area contributed by atoms with Crippen LogP contribution in [0.5, 0.6) is 0 Å². The topological polar surface area (TPSA) is 46.9 Å². The summed E-state index contributed by atoms with van der Waals surface area (Å²) >= 11 is 0. The van der Waals surface area contributed by atoms with Gasteiger partial charge in [-0.1, -0.05) is 12.1 Å². The molecule has 1 aliphatic heterocycles. The molecule has 1 atom stereocenters. The first-order chi connectivity index (χ1) is 12.0. The predicted octanol–water partition coefficient (Wildman–Crippen LogP) is 3.76. The van der Waals surface area contributed by atoms with Crippen molar-refractivity contribution in [1.29, 1.82) is 0 Å². The SMILES string of the molecule is O=C1CC(c2cc(F)ccc2F)c2ncn(-c3ccccc3F)c2N1. The van der Waals surface area contributed by atoms with E-state index in [1.165, 1.54) is 23.0 Å². The quantitative estimate of drug-likeness (QED) is 0.770. The number of hydrogen-bond donors (Lipinski definition) is 1. The number of imidazole rings is 1. The molecular formula is C18H12F3N3O. The van der Waals surface area contributed by atoms with E-state index in [0.29, 0.717) is 5.69 Å². The summed E-state index contributed by atoms with van der Waals surface area (Å²) in [5.41, 5.74) is 0.624. The maximum Gasteiger partial charge on any atom is 0.226 e. The zero-order valence-corrected chi connectivity index (χ0v) is 12.8. The molecule has 0 radical (unpaired) electrons. The average Bonchev–Trinajstić information content (AvgIpc) is 3.00. The molecule has 1 N–H and O–H groups in total. The second-order valence-corrected chi connectivity index (χ2v) is 5.77. The van der Waals surface area contributed by atoms with Crippen LogP contribution in [0, 0.1) is 17.5 Å². The van der Waals surface area contributed by atoms with Gasteiger partial charge in [-0.05, 0) is 30.3 Å². The molecule has 0 aliphatic carbocycles. The molecule has 3 aromatic rings. The fourth-order valence-corrected chi connectivity index (χ4v) is 3.08. The number of fused-ring (bicyclic) bond motifs is 1. The first kappa shape index (κ1) is 15.4. The summed E-state index contributed by atoms with van der Waals surface area (Å²) in [4.78, 5) is 16.3. The summed E-state index contributed by atoms with van der Waals surface area (Å²) in [6, 6.07) is 9.12. The highest BCUT2D eigenvalue weighted by Gasteiger charge is 2.33. The van der Waals surface area contributed by atoms with Crippen molar-refractivity contribution in [2.75, 3.05) is 5.32 Å². The van der Waals surface area contributed by atoms with Crippen LogP contribution in [0.25, 0.3) is 5.69 Å². The number of halogens is 3. The Hall–Kier alpha value is -3.09. The number of aromatic nitrogens is 2. The van der Waals surface area contributed by atoms with Gasteiger partial charge in [0.25, 0.3) is 0 Å². The van der Waals surface area contributed by atoms with E-state index in [1.807, 2.05) is 0 Å². The van der Waals surface area contributed by atoms with Crippen molar-refractivity contribution in [1.82, 2.24) is 9.55 Å². The van der Waals surface area contributed by atoms with Gasteiger partial charge in [0.15, 0.2) is 0 Å². The number of amides is 1. The molecule has 4 nitrogen and oxygen atoms in total. The maximum absolute atomic E-state index is 14.2. The summed E-state index contributed by atoms with van der Waals surface area (Å²) in [7, 11) is 0. The molecular weight excluding hydrogens is 331 g/mol. The fraction of sp³-hybridized carbons (Fsp3) is 0.111. The number of rotatable bonds is 2. The number of carbonyl (C=O) groups excluding carboxylic acids is 1. The van der Waals surface area contributed by atoms with Gasteiger partial charge in [0.05, 0.1) is 11.4 Å². The van der Waals surface area contributed by atoms with E-state index in [1.54, 1.807) is 12.1 Å². The van der Waals surface area contributed by atoms with Gasteiger partial charge in [-0.25, -0.2) is 18.2 Å². The normalized spacial score (nSPS) is 16.4. The van der Waals surface area contributed by atoms with E-state index >= 15 is 0 Å². The monoisotopic (exact) mass is 343 g/mol. The van der Waals surface area contributed by atoms with Gasteiger partial charge in [0.1, 0.15) is 29.6 Å². The molecule has 1 unspecified atom stereocenters. The Morgan fingerprint density at radius 3 is 2.68 bits per heavy atom. The van der Waals surface area contributed by atoms with Crippen molar-refractivity contribution in [2.24, 2.45) is 0 Å². The molecule has 0 spiro atoms. The number of benzene rings is 2. The summed E-state index contributed by atoms with van der Waals surface area (Å²) < 4.78 is 43.2. The molecule has 7 heteroatoms.